The predicted octanol–water partition coefficient (Wildman–Crippen LogP) is 6.22. The van der Waals surface area contributed by atoms with Crippen LogP contribution in [0.5, 0.6) is 0 Å². The summed E-state index contributed by atoms with van der Waals surface area (Å²) in [6, 6.07) is 0. The summed E-state index contributed by atoms with van der Waals surface area (Å²) in [5.74, 6) is 1.72. The first-order valence-corrected chi connectivity index (χ1v) is 10.2. The van der Waals surface area contributed by atoms with Crippen molar-refractivity contribution >= 4 is 5.97 Å². The average Bonchev–Trinajstić information content (AvgIpc) is 2.62. The van der Waals surface area contributed by atoms with Crippen molar-refractivity contribution in [1.82, 2.24) is 0 Å². The van der Waals surface area contributed by atoms with Crippen molar-refractivity contribution in [2.75, 3.05) is 0 Å². The molecule has 2 heteroatoms. The summed E-state index contributed by atoms with van der Waals surface area (Å²) < 4.78 is 5.84. The number of hydrogen-bond donors (Lipinski definition) is 0. The van der Waals surface area contributed by atoms with Gasteiger partial charge in [-0.3, -0.25) is 4.79 Å². The Morgan fingerprint density at radius 1 is 1.00 bits per heavy atom. The van der Waals surface area contributed by atoms with Crippen LogP contribution in [0.4, 0.5) is 0 Å². The van der Waals surface area contributed by atoms with Gasteiger partial charge in [-0.25, -0.2) is 0 Å². The second-order valence-electron chi connectivity index (χ2n) is 7.71. The number of rotatable bonds is 7. The van der Waals surface area contributed by atoms with E-state index < -0.39 is 0 Å². The minimum atomic E-state index is 0.0860. The Morgan fingerprint density at radius 2 is 1.71 bits per heavy atom. The molecule has 136 valence electrons. The molecule has 2 fully saturated rings. The lowest BCUT2D eigenvalue weighted by molar-refractivity contribution is -0.157. The fourth-order valence-electron chi connectivity index (χ4n) is 4.08. The molecule has 0 atom stereocenters. The molecule has 0 aromatic heterocycles. The first-order valence-electron chi connectivity index (χ1n) is 10.2. The third-order valence-corrected chi connectivity index (χ3v) is 5.75. The van der Waals surface area contributed by atoms with E-state index in [4.69, 9.17) is 4.74 Å². The zero-order valence-electron chi connectivity index (χ0n) is 15.7. The second kappa shape index (κ2) is 10.7. The molecule has 2 saturated carbocycles. The van der Waals surface area contributed by atoms with Gasteiger partial charge < -0.3 is 4.74 Å². The molecule has 0 aliphatic heterocycles. The van der Waals surface area contributed by atoms with E-state index in [1.807, 2.05) is 0 Å². The van der Waals surface area contributed by atoms with Crippen LogP contribution in [0.2, 0.25) is 0 Å². The number of hydrogen-bond acceptors (Lipinski definition) is 2. The van der Waals surface area contributed by atoms with Gasteiger partial charge in [0.15, 0.2) is 0 Å². The van der Waals surface area contributed by atoms with Crippen molar-refractivity contribution in [1.29, 1.82) is 0 Å². The summed E-state index contributed by atoms with van der Waals surface area (Å²) in [6.07, 6.45) is 21.7. The maximum absolute atomic E-state index is 12.4. The van der Waals surface area contributed by atoms with Crippen LogP contribution >= 0.6 is 0 Å². The maximum Gasteiger partial charge on any atom is 0.309 e. The van der Waals surface area contributed by atoms with Gasteiger partial charge in [0.05, 0.1) is 5.92 Å². The predicted molar refractivity (Wildman–Crippen MR) is 101 cm³/mol. The summed E-state index contributed by atoms with van der Waals surface area (Å²) >= 11 is 0. The van der Waals surface area contributed by atoms with Gasteiger partial charge in [-0.1, -0.05) is 37.6 Å². The monoisotopic (exact) mass is 332 g/mol. The lowest BCUT2D eigenvalue weighted by Gasteiger charge is -2.30. The summed E-state index contributed by atoms with van der Waals surface area (Å²) in [5.41, 5.74) is 0. The number of carbonyl (C=O) groups excluding carboxylic acids is 1. The van der Waals surface area contributed by atoms with Crippen molar-refractivity contribution in [3.63, 3.8) is 0 Å². The zero-order valence-corrected chi connectivity index (χ0v) is 15.7. The third kappa shape index (κ3) is 6.45. The molecule has 2 nitrogen and oxygen atoms in total. The van der Waals surface area contributed by atoms with E-state index in [1.54, 1.807) is 0 Å². The van der Waals surface area contributed by atoms with Gasteiger partial charge >= 0.3 is 5.97 Å². The molecule has 0 amide bonds. The number of esters is 1. The smallest absolute Gasteiger partial charge is 0.309 e. The van der Waals surface area contributed by atoms with Crippen molar-refractivity contribution < 1.29 is 9.53 Å². The minimum Gasteiger partial charge on any atom is -0.462 e. The molecule has 0 aromatic rings. The number of ether oxygens (including phenoxy) is 1. The van der Waals surface area contributed by atoms with E-state index >= 15 is 0 Å². The Kier molecular flexibility index (Phi) is 8.63. The van der Waals surface area contributed by atoms with E-state index in [1.165, 1.54) is 32.1 Å². The quantitative estimate of drug-likeness (QED) is 0.409. The number of unbranched alkanes of at least 4 members (excludes halogenated alkanes) is 1. The van der Waals surface area contributed by atoms with Crippen LogP contribution in [-0.2, 0) is 9.53 Å². The number of carbonyl (C=O) groups is 1. The molecule has 0 saturated heterocycles. The molecule has 2 rings (SSSR count). The van der Waals surface area contributed by atoms with E-state index in [-0.39, 0.29) is 18.0 Å². The maximum atomic E-state index is 12.4. The Bertz CT molecular complexity index is 408. The van der Waals surface area contributed by atoms with Crippen LogP contribution in [0, 0.1) is 17.8 Å². The minimum absolute atomic E-state index is 0.0860. The molecular formula is C22H36O2. The highest BCUT2D eigenvalue weighted by Gasteiger charge is 2.29. The van der Waals surface area contributed by atoms with Crippen LogP contribution in [-0.4, -0.2) is 12.1 Å². The molecule has 0 aromatic carbocycles. The van der Waals surface area contributed by atoms with E-state index in [9.17, 15) is 4.79 Å². The molecule has 2 aliphatic carbocycles. The van der Waals surface area contributed by atoms with Gasteiger partial charge in [0.1, 0.15) is 6.10 Å². The second-order valence-corrected chi connectivity index (χ2v) is 7.71. The Labute approximate surface area is 148 Å². The Balaban J connectivity index is 1.65. The van der Waals surface area contributed by atoms with Crippen LogP contribution < -0.4 is 0 Å². The first kappa shape index (κ1) is 19.3. The lowest BCUT2D eigenvalue weighted by Crippen LogP contribution is -2.29. The van der Waals surface area contributed by atoms with Gasteiger partial charge in [-0.15, -0.1) is 0 Å². The fourth-order valence-corrected chi connectivity index (χ4v) is 4.08. The SMILES string of the molecule is CC=CCC1CCC(OC(=O)C2CCC(C=CCCC)CC2)CC1. The van der Waals surface area contributed by atoms with Crippen molar-refractivity contribution in [2.24, 2.45) is 17.8 Å². The standard InChI is InChI=1S/C22H36O2/c1-3-5-7-9-19-10-14-20(15-11-19)22(23)24-21-16-12-18(13-17-21)8-6-4-2/h4,6-7,9,18-21H,3,5,8,10-17H2,1-2H3. The van der Waals surface area contributed by atoms with E-state index in [0.717, 1.165) is 44.4 Å². The van der Waals surface area contributed by atoms with Crippen LogP contribution in [0.15, 0.2) is 24.3 Å². The molecular weight excluding hydrogens is 296 g/mol. The van der Waals surface area contributed by atoms with Crippen molar-refractivity contribution in [2.45, 2.75) is 90.6 Å². The van der Waals surface area contributed by atoms with Crippen molar-refractivity contribution in [3.05, 3.63) is 24.3 Å². The molecule has 0 heterocycles. The Morgan fingerprint density at radius 3 is 2.33 bits per heavy atom. The van der Waals surface area contributed by atoms with Crippen LogP contribution in [0.3, 0.4) is 0 Å². The average molecular weight is 333 g/mol. The Hall–Kier alpha value is -1.05. The lowest BCUT2D eigenvalue weighted by atomic mass is 9.81. The van der Waals surface area contributed by atoms with Crippen LogP contribution in [0.1, 0.15) is 84.5 Å². The fraction of sp³-hybridized carbons (Fsp3) is 0.773. The molecule has 0 bridgehead atoms. The summed E-state index contributed by atoms with van der Waals surface area (Å²) in [5, 5.41) is 0. The zero-order chi connectivity index (χ0) is 17.2. The molecule has 0 radical (unpaired) electrons. The van der Waals surface area contributed by atoms with E-state index in [2.05, 4.69) is 38.2 Å². The van der Waals surface area contributed by atoms with Gasteiger partial charge in [-0.05, 0) is 83.0 Å². The number of allylic oxidation sites excluding steroid dienone is 4. The largest absolute Gasteiger partial charge is 0.462 e. The van der Waals surface area contributed by atoms with Crippen LogP contribution in [0.25, 0.3) is 0 Å². The van der Waals surface area contributed by atoms with Gasteiger partial charge in [0.2, 0.25) is 0 Å². The molecule has 0 unspecified atom stereocenters. The van der Waals surface area contributed by atoms with Gasteiger partial charge in [0, 0.05) is 0 Å². The normalized spacial score (nSPS) is 31.6. The van der Waals surface area contributed by atoms with E-state index in [0.29, 0.717) is 5.92 Å². The summed E-state index contributed by atoms with van der Waals surface area (Å²) in [4.78, 5) is 12.4. The topological polar surface area (TPSA) is 26.3 Å². The highest BCUT2D eigenvalue weighted by Crippen LogP contribution is 2.33. The van der Waals surface area contributed by atoms with Gasteiger partial charge in [-0.2, -0.15) is 0 Å². The van der Waals surface area contributed by atoms with Gasteiger partial charge in [0.25, 0.3) is 0 Å². The third-order valence-electron chi connectivity index (χ3n) is 5.75. The first-order chi connectivity index (χ1) is 11.7. The highest BCUT2D eigenvalue weighted by molar-refractivity contribution is 5.72. The van der Waals surface area contributed by atoms with Crippen molar-refractivity contribution in [3.8, 4) is 0 Å². The highest BCUT2D eigenvalue weighted by atomic mass is 16.5. The molecule has 0 spiro atoms. The summed E-state index contributed by atoms with van der Waals surface area (Å²) in [7, 11) is 0. The molecule has 24 heavy (non-hydrogen) atoms. The summed E-state index contributed by atoms with van der Waals surface area (Å²) in [6.45, 7) is 4.30. The molecule has 2 aliphatic rings. The molecule has 0 N–H and O–H groups in total.